The number of aryl methyl sites for hydroxylation is 1. The van der Waals surface area contributed by atoms with E-state index in [0.717, 1.165) is 17.8 Å². The molecule has 1 aromatic heterocycles. The average molecular weight is 151 g/mol. The zero-order valence-electron chi connectivity index (χ0n) is 6.91. The average Bonchev–Trinajstić information content (AvgIpc) is 1.93. The standard InChI is InChI=1S/C8H13N3/c1-6(9)5-8-7(2)10-3-4-11-8/h3-4,6H,5,9H2,1-2H3. The van der Waals surface area contributed by atoms with Gasteiger partial charge < -0.3 is 5.73 Å². The minimum atomic E-state index is 0.158. The molecule has 0 aliphatic heterocycles. The Kier molecular flexibility index (Phi) is 2.54. The lowest BCUT2D eigenvalue weighted by molar-refractivity contribution is 0.712. The third-order valence-corrected chi connectivity index (χ3v) is 1.50. The molecular formula is C8H13N3. The van der Waals surface area contributed by atoms with E-state index in [-0.39, 0.29) is 6.04 Å². The summed E-state index contributed by atoms with van der Waals surface area (Å²) in [6, 6.07) is 0.158. The summed E-state index contributed by atoms with van der Waals surface area (Å²) in [4.78, 5) is 8.29. The van der Waals surface area contributed by atoms with Gasteiger partial charge in [-0.25, -0.2) is 0 Å². The molecule has 0 saturated heterocycles. The van der Waals surface area contributed by atoms with Gasteiger partial charge in [0.2, 0.25) is 0 Å². The van der Waals surface area contributed by atoms with Crippen LogP contribution in [0.25, 0.3) is 0 Å². The molecule has 1 rings (SSSR count). The van der Waals surface area contributed by atoms with Crippen molar-refractivity contribution in [2.24, 2.45) is 5.73 Å². The van der Waals surface area contributed by atoms with Crippen molar-refractivity contribution < 1.29 is 0 Å². The number of nitrogens with two attached hydrogens (primary N) is 1. The lowest BCUT2D eigenvalue weighted by atomic mass is 10.1. The summed E-state index contributed by atoms with van der Waals surface area (Å²) >= 11 is 0. The minimum absolute atomic E-state index is 0.158. The van der Waals surface area contributed by atoms with Crippen molar-refractivity contribution in [3.05, 3.63) is 23.8 Å². The molecule has 1 atom stereocenters. The first-order valence-corrected chi connectivity index (χ1v) is 3.72. The fourth-order valence-electron chi connectivity index (χ4n) is 0.942. The van der Waals surface area contributed by atoms with E-state index < -0.39 is 0 Å². The smallest absolute Gasteiger partial charge is 0.0631 e. The first-order valence-electron chi connectivity index (χ1n) is 3.72. The van der Waals surface area contributed by atoms with Gasteiger partial charge in [0.1, 0.15) is 0 Å². The van der Waals surface area contributed by atoms with E-state index >= 15 is 0 Å². The van der Waals surface area contributed by atoms with Crippen molar-refractivity contribution in [2.45, 2.75) is 26.3 Å². The van der Waals surface area contributed by atoms with Crippen molar-refractivity contribution in [3.63, 3.8) is 0 Å². The molecule has 0 fully saturated rings. The highest BCUT2D eigenvalue weighted by Crippen LogP contribution is 2.01. The summed E-state index contributed by atoms with van der Waals surface area (Å²) in [5, 5.41) is 0. The second kappa shape index (κ2) is 3.44. The molecule has 1 heterocycles. The fourth-order valence-corrected chi connectivity index (χ4v) is 0.942. The van der Waals surface area contributed by atoms with Crippen molar-refractivity contribution in [1.29, 1.82) is 0 Å². The molecule has 0 amide bonds. The van der Waals surface area contributed by atoms with E-state index in [9.17, 15) is 0 Å². The normalized spacial score (nSPS) is 13.0. The van der Waals surface area contributed by atoms with Gasteiger partial charge in [0, 0.05) is 24.9 Å². The first kappa shape index (κ1) is 8.14. The molecule has 3 nitrogen and oxygen atoms in total. The van der Waals surface area contributed by atoms with Crippen LogP contribution >= 0.6 is 0 Å². The molecule has 1 aromatic rings. The molecule has 0 radical (unpaired) electrons. The Bertz CT molecular complexity index is 233. The maximum atomic E-state index is 5.63. The van der Waals surface area contributed by atoms with Gasteiger partial charge in [-0.2, -0.15) is 0 Å². The van der Waals surface area contributed by atoms with Crippen LogP contribution in [0.15, 0.2) is 12.4 Å². The Hall–Kier alpha value is -0.960. The van der Waals surface area contributed by atoms with E-state index in [1.165, 1.54) is 0 Å². The Morgan fingerprint density at radius 3 is 2.64 bits per heavy atom. The fraction of sp³-hybridized carbons (Fsp3) is 0.500. The zero-order valence-corrected chi connectivity index (χ0v) is 6.91. The van der Waals surface area contributed by atoms with Crippen LogP contribution in [-0.4, -0.2) is 16.0 Å². The largest absolute Gasteiger partial charge is 0.328 e. The van der Waals surface area contributed by atoms with Crippen molar-refractivity contribution in [2.75, 3.05) is 0 Å². The van der Waals surface area contributed by atoms with Gasteiger partial charge in [-0.05, 0) is 13.8 Å². The third kappa shape index (κ3) is 2.27. The van der Waals surface area contributed by atoms with Crippen LogP contribution in [0.1, 0.15) is 18.3 Å². The van der Waals surface area contributed by atoms with Crippen LogP contribution in [0.3, 0.4) is 0 Å². The number of aromatic nitrogens is 2. The predicted molar refractivity (Wildman–Crippen MR) is 44.1 cm³/mol. The molecular weight excluding hydrogens is 138 g/mol. The summed E-state index contributed by atoms with van der Waals surface area (Å²) in [5.41, 5.74) is 7.60. The highest BCUT2D eigenvalue weighted by molar-refractivity contribution is 5.09. The lowest BCUT2D eigenvalue weighted by Gasteiger charge is -2.05. The van der Waals surface area contributed by atoms with E-state index in [1.54, 1.807) is 12.4 Å². The molecule has 0 aliphatic carbocycles. The Morgan fingerprint density at radius 2 is 2.09 bits per heavy atom. The number of hydrogen-bond acceptors (Lipinski definition) is 3. The molecule has 0 aliphatic rings. The Morgan fingerprint density at radius 1 is 1.45 bits per heavy atom. The van der Waals surface area contributed by atoms with Crippen LogP contribution in [0.5, 0.6) is 0 Å². The van der Waals surface area contributed by atoms with E-state index in [4.69, 9.17) is 5.73 Å². The Labute approximate surface area is 66.7 Å². The summed E-state index contributed by atoms with van der Waals surface area (Å²) in [6.45, 7) is 3.92. The second-order valence-corrected chi connectivity index (χ2v) is 2.77. The summed E-state index contributed by atoms with van der Waals surface area (Å²) < 4.78 is 0. The summed E-state index contributed by atoms with van der Waals surface area (Å²) in [7, 11) is 0. The molecule has 0 saturated carbocycles. The minimum Gasteiger partial charge on any atom is -0.328 e. The van der Waals surface area contributed by atoms with Crippen LogP contribution in [-0.2, 0) is 6.42 Å². The first-order chi connectivity index (χ1) is 5.20. The summed E-state index contributed by atoms with van der Waals surface area (Å²) in [6.07, 6.45) is 4.20. The van der Waals surface area contributed by atoms with Crippen molar-refractivity contribution in [1.82, 2.24) is 9.97 Å². The van der Waals surface area contributed by atoms with Crippen molar-refractivity contribution in [3.8, 4) is 0 Å². The molecule has 60 valence electrons. The molecule has 2 N–H and O–H groups in total. The van der Waals surface area contributed by atoms with E-state index in [2.05, 4.69) is 9.97 Å². The zero-order chi connectivity index (χ0) is 8.27. The van der Waals surface area contributed by atoms with Gasteiger partial charge in [0.05, 0.1) is 11.4 Å². The molecule has 0 spiro atoms. The molecule has 3 heteroatoms. The number of rotatable bonds is 2. The second-order valence-electron chi connectivity index (χ2n) is 2.77. The number of hydrogen-bond donors (Lipinski definition) is 1. The van der Waals surface area contributed by atoms with Gasteiger partial charge in [-0.15, -0.1) is 0 Å². The van der Waals surface area contributed by atoms with Gasteiger partial charge in [0.15, 0.2) is 0 Å². The maximum absolute atomic E-state index is 5.63. The van der Waals surface area contributed by atoms with Gasteiger partial charge in [-0.1, -0.05) is 0 Å². The monoisotopic (exact) mass is 151 g/mol. The molecule has 1 unspecified atom stereocenters. The number of nitrogens with zero attached hydrogens (tertiary/aromatic N) is 2. The van der Waals surface area contributed by atoms with Gasteiger partial charge >= 0.3 is 0 Å². The molecule has 0 bridgehead atoms. The molecule has 0 aromatic carbocycles. The van der Waals surface area contributed by atoms with E-state index in [0.29, 0.717) is 0 Å². The maximum Gasteiger partial charge on any atom is 0.0631 e. The van der Waals surface area contributed by atoms with Crippen molar-refractivity contribution >= 4 is 0 Å². The SMILES string of the molecule is Cc1nccnc1CC(C)N. The topological polar surface area (TPSA) is 51.8 Å². The lowest BCUT2D eigenvalue weighted by Crippen LogP contribution is -2.19. The highest BCUT2D eigenvalue weighted by Gasteiger charge is 2.01. The van der Waals surface area contributed by atoms with Gasteiger partial charge in [0.25, 0.3) is 0 Å². The Balaban J connectivity index is 2.78. The molecule has 11 heavy (non-hydrogen) atoms. The predicted octanol–water partition coefficient (Wildman–Crippen LogP) is 0.675. The third-order valence-electron chi connectivity index (χ3n) is 1.50. The summed E-state index contributed by atoms with van der Waals surface area (Å²) in [5.74, 6) is 0. The quantitative estimate of drug-likeness (QED) is 0.676. The van der Waals surface area contributed by atoms with E-state index in [1.807, 2.05) is 13.8 Å². The highest BCUT2D eigenvalue weighted by atomic mass is 14.8. The van der Waals surface area contributed by atoms with Crippen LogP contribution in [0.2, 0.25) is 0 Å². The van der Waals surface area contributed by atoms with Crippen LogP contribution in [0.4, 0.5) is 0 Å². The van der Waals surface area contributed by atoms with Gasteiger partial charge in [-0.3, -0.25) is 9.97 Å². The van der Waals surface area contributed by atoms with Crippen LogP contribution < -0.4 is 5.73 Å². The van der Waals surface area contributed by atoms with Crippen LogP contribution in [0, 0.1) is 6.92 Å².